The molecule has 0 fully saturated rings. The topological polar surface area (TPSA) is 41.5 Å². The van der Waals surface area contributed by atoms with E-state index in [-0.39, 0.29) is 12.8 Å². The van der Waals surface area contributed by atoms with Gasteiger partial charge in [-0.25, -0.2) is 0 Å². The number of dihydropyridines is 1. The third kappa shape index (κ3) is 5.22. The molecule has 2 N–H and O–H groups in total. The van der Waals surface area contributed by atoms with Crippen LogP contribution in [0.5, 0.6) is 0 Å². The van der Waals surface area contributed by atoms with Crippen LogP contribution >= 0.6 is 0 Å². The fourth-order valence-electron chi connectivity index (χ4n) is 1.23. The Labute approximate surface area is 102 Å². The lowest BCUT2D eigenvalue weighted by molar-refractivity contribution is 0.166. The van der Waals surface area contributed by atoms with E-state index in [1.165, 1.54) is 0 Å². The van der Waals surface area contributed by atoms with Gasteiger partial charge in [0.15, 0.2) is 6.23 Å². The summed E-state index contributed by atoms with van der Waals surface area (Å²) in [4.78, 5) is 0. The molecular formula is C14H19NO2. The van der Waals surface area contributed by atoms with Crippen molar-refractivity contribution in [2.75, 3.05) is 6.61 Å². The normalized spacial score (nSPS) is 20.8. The maximum atomic E-state index is 9.08. The second-order valence-corrected chi connectivity index (χ2v) is 3.70. The van der Waals surface area contributed by atoms with Gasteiger partial charge in [-0.15, -0.1) is 0 Å². The van der Waals surface area contributed by atoms with E-state index in [4.69, 9.17) is 9.84 Å². The first-order valence-electron chi connectivity index (χ1n) is 5.62. The SMILES string of the molecule is C\C=C/C=C(\C=C\OC1C=CC(C)=CN1)CO. The highest BCUT2D eigenvalue weighted by Gasteiger charge is 2.03. The molecule has 0 aliphatic carbocycles. The molecule has 0 aromatic heterocycles. The van der Waals surface area contributed by atoms with Crippen molar-refractivity contribution in [1.29, 1.82) is 0 Å². The highest BCUT2D eigenvalue weighted by Crippen LogP contribution is 2.05. The van der Waals surface area contributed by atoms with Crippen LogP contribution in [0.25, 0.3) is 0 Å². The molecule has 3 nitrogen and oxygen atoms in total. The molecular weight excluding hydrogens is 214 g/mol. The van der Waals surface area contributed by atoms with Gasteiger partial charge in [0.25, 0.3) is 0 Å². The second kappa shape index (κ2) is 7.52. The zero-order chi connectivity index (χ0) is 12.5. The molecule has 3 heteroatoms. The summed E-state index contributed by atoms with van der Waals surface area (Å²) < 4.78 is 5.44. The third-order valence-corrected chi connectivity index (χ3v) is 2.20. The Morgan fingerprint density at radius 2 is 2.41 bits per heavy atom. The van der Waals surface area contributed by atoms with Gasteiger partial charge >= 0.3 is 0 Å². The van der Waals surface area contributed by atoms with E-state index >= 15 is 0 Å². The number of hydrogen-bond acceptors (Lipinski definition) is 3. The van der Waals surface area contributed by atoms with Gasteiger partial charge in [-0.3, -0.25) is 0 Å². The first-order valence-corrected chi connectivity index (χ1v) is 5.62. The Morgan fingerprint density at radius 1 is 1.59 bits per heavy atom. The van der Waals surface area contributed by atoms with E-state index in [2.05, 4.69) is 5.32 Å². The summed E-state index contributed by atoms with van der Waals surface area (Å²) in [5.74, 6) is 0. The molecule has 1 aliphatic rings. The average molecular weight is 233 g/mol. The Morgan fingerprint density at radius 3 is 3.00 bits per heavy atom. The van der Waals surface area contributed by atoms with Crippen molar-refractivity contribution in [3.63, 3.8) is 0 Å². The summed E-state index contributed by atoms with van der Waals surface area (Å²) in [6.45, 7) is 3.94. The lowest BCUT2D eigenvalue weighted by Gasteiger charge is -2.16. The fourth-order valence-corrected chi connectivity index (χ4v) is 1.23. The van der Waals surface area contributed by atoms with E-state index in [0.29, 0.717) is 0 Å². The standard InChI is InChI=1S/C14H19NO2/c1-3-4-5-13(11-16)8-9-17-14-7-6-12(2)10-15-14/h3-10,14-16H,11H2,1-2H3/b4-3-,9-8+,13-5+. The molecule has 0 radical (unpaired) electrons. The van der Waals surface area contributed by atoms with Gasteiger partial charge in [0.05, 0.1) is 12.9 Å². The summed E-state index contributed by atoms with van der Waals surface area (Å²) in [6.07, 6.45) is 14.7. The molecule has 1 heterocycles. The summed E-state index contributed by atoms with van der Waals surface area (Å²) in [6, 6.07) is 0. The van der Waals surface area contributed by atoms with Gasteiger partial charge in [-0.2, -0.15) is 0 Å². The largest absolute Gasteiger partial charge is 0.475 e. The Balaban J connectivity index is 2.42. The second-order valence-electron chi connectivity index (χ2n) is 3.70. The minimum atomic E-state index is -0.142. The summed E-state index contributed by atoms with van der Waals surface area (Å²) >= 11 is 0. The van der Waals surface area contributed by atoms with Crippen molar-refractivity contribution in [2.45, 2.75) is 20.1 Å². The summed E-state index contributed by atoms with van der Waals surface area (Å²) in [7, 11) is 0. The molecule has 17 heavy (non-hydrogen) atoms. The summed E-state index contributed by atoms with van der Waals surface area (Å²) in [5, 5.41) is 12.2. The Hall–Kier alpha value is -1.74. The van der Waals surface area contributed by atoms with Crippen molar-refractivity contribution < 1.29 is 9.84 Å². The van der Waals surface area contributed by atoms with E-state index in [1.807, 2.05) is 50.4 Å². The molecule has 1 unspecified atom stereocenters. The molecule has 0 amide bonds. The van der Waals surface area contributed by atoms with Gasteiger partial charge in [0.1, 0.15) is 0 Å². The molecule has 1 rings (SSSR count). The Bertz CT molecular complexity index is 376. The van der Waals surface area contributed by atoms with Crippen molar-refractivity contribution in [1.82, 2.24) is 5.32 Å². The lowest BCUT2D eigenvalue weighted by Crippen LogP contribution is -2.25. The van der Waals surface area contributed by atoms with Gasteiger partial charge < -0.3 is 15.2 Å². The molecule has 0 aromatic carbocycles. The van der Waals surface area contributed by atoms with E-state index < -0.39 is 0 Å². The minimum Gasteiger partial charge on any atom is -0.475 e. The number of aliphatic hydroxyl groups is 1. The summed E-state index contributed by atoms with van der Waals surface area (Å²) in [5.41, 5.74) is 1.97. The van der Waals surface area contributed by atoms with Crippen molar-refractivity contribution in [2.24, 2.45) is 0 Å². The van der Waals surface area contributed by atoms with Crippen LogP contribution in [0, 0.1) is 0 Å². The molecule has 0 saturated heterocycles. The zero-order valence-electron chi connectivity index (χ0n) is 10.3. The van der Waals surface area contributed by atoms with Gasteiger partial charge in [0, 0.05) is 6.20 Å². The molecule has 1 atom stereocenters. The smallest absolute Gasteiger partial charge is 0.188 e. The molecule has 0 aromatic rings. The predicted octanol–water partition coefficient (Wildman–Crippen LogP) is 2.40. The van der Waals surface area contributed by atoms with E-state index in [9.17, 15) is 0 Å². The monoisotopic (exact) mass is 233 g/mol. The number of aliphatic hydroxyl groups excluding tert-OH is 1. The number of hydrogen-bond donors (Lipinski definition) is 2. The van der Waals surface area contributed by atoms with Crippen LogP contribution in [-0.2, 0) is 4.74 Å². The number of allylic oxidation sites excluding steroid dienone is 5. The lowest BCUT2D eigenvalue weighted by atomic mass is 10.2. The van der Waals surface area contributed by atoms with Crippen LogP contribution in [0.4, 0.5) is 0 Å². The van der Waals surface area contributed by atoms with Crippen molar-refractivity contribution in [3.8, 4) is 0 Å². The van der Waals surface area contributed by atoms with Crippen LogP contribution in [0.1, 0.15) is 13.8 Å². The maximum Gasteiger partial charge on any atom is 0.188 e. The van der Waals surface area contributed by atoms with E-state index in [0.717, 1.165) is 11.1 Å². The minimum absolute atomic E-state index is 0.00283. The Kier molecular flexibility index (Phi) is 5.89. The zero-order valence-corrected chi connectivity index (χ0v) is 10.3. The quantitative estimate of drug-likeness (QED) is 0.566. The third-order valence-electron chi connectivity index (χ3n) is 2.20. The number of rotatable bonds is 5. The van der Waals surface area contributed by atoms with Crippen LogP contribution in [0.15, 0.2) is 60.1 Å². The van der Waals surface area contributed by atoms with Crippen molar-refractivity contribution in [3.05, 3.63) is 60.1 Å². The number of nitrogens with one attached hydrogen (secondary N) is 1. The molecule has 0 saturated carbocycles. The van der Waals surface area contributed by atoms with E-state index in [1.54, 1.807) is 12.3 Å². The van der Waals surface area contributed by atoms with Gasteiger partial charge in [-0.05, 0) is 37.1 Å². The van der Waals surface area contributed by atoms with Gasteiger partial charge in [-0.1, -0.05) is 24.3 Å². The fraction of sp³-hybridized carbons (Fsp3) is 0.286. The average Bonchev–Trinajstić information content (AvgIpc) is 2.36. The van der Waals surface area contributed by atoms with Crippen LogP contribution in [0.3, 0.4) is 0 Å². The first-order chi connectivity index (χ1) is 8.26. The number of ether oxygens (including phenoxy) is 1. The molecule has 0 spiro atoms. The molecule has 0 bridgehead atoms. The van der Waals surface area contributed by atoms with Crippen LogP contribution < -0.4 is 5.32 Å². The highest BCUT2D eigenvalue weighted by molar-refractivity contribution is 5.23. The highest BCUT2D eigenvalue weighted by atomic mass is 16.5. The predicted molar refractivity (Wildman–Crippen MR) is 70.0 cm³/mol. The first kappa shape index (κ1) is 13.3. The van der Waals surface area contributed by atoms with Crippen LogP contribution in [-0.4, -0.2) is 17.9 Å². The van der Waals surface area contributed by atoms with Crippen LogP contribution in [0.2, 0.25) is 0 Å². The van der Waals surface area contributed by atoms with Crippen molar-refractivity contribution >= 4 is 0 Å². The maximum absolute atomic E-state index is 9.08. The molecule has 1 aliphatic heterocycles. The van der Waals surface area contributed by atoms with Gasteiger partial charge in [0.2, 0.25) is 0 Å². The molecule has 92 valence electrons.